The molecule has 94 valence electrons. The normalized spacial score (nSPS) is 24.6. The molecule has 1 saturated heterocycles. The molecule has 4 nitrogen and oxygen atoms in total. The van der Waals surface area contributed by atoms with Crippen molar-refractivity contribution in [3.8, 4) is 0 Å². The number of hydrogen-bond acceptors (Lipinski definition) is 3. The molecule has 4 heteroatoms. The average Bonchev–Trinajstić information content (AvgIpc) is 2.72. The van der Waals surface area contributed by atoms with Gasteiger partial charge in [0.1, 0.15) is 11.5 Å². The van der Waals surface area contributed by atoms with Crippen LogP contribution in [0.3, 0.4) is 0 Å². The van der Waals surface area contributed by atoms with Gasteiger partial charge < -0.3 is 15.1 Å². The fraction of sp³-hybridized carbons (Fsp3) is 0.615. The van der Waals surface area contributed by atoms with Crippen LogP contribution < -0.4 is 10.6 Å². The first-order valence-corrected chi connectivity index (χ1v) is 6.21. The van der Waals surface area contributed by atoms with Gasteiger partial charge in [-0.15, -0.1) is 0 Å². The summed E-state index contributed by atoms with van der Waals surface area (Å²) in [6.07, 6.45) is 1.84. The number of nitrogens with one attached hydrogen (secondary N) is 2. The SMILES string of the molecule is Cc1ccc(CNC(=O)C2CCNC(C)C2)o1. The van der Waals surface area contributed by atoms with E-state index in [1.54, 1.807) is 0 Å². The molecule has 1 aromatic heterocycles. The van der Waals surface area contributed by atoms with Crippen LogP contribution in [0.2, 0.25) is 0 Å². The highest BCUT2D eigenvalue weighted by Gasteiger charge is 2.24. The second-order valence-electron chi connectivity index (χ2n) is 4.81. The summed E-state index contributed by atoms with van der Waals surface area (Å²) in [5, 5.41) is 6.29. The van der Waals surface area contributed by atoms with E-state index in [0.29, 0.717) is 12.6 Å². The number of hydrogen-bond donors (Lipinski definition) is 2. The smallest absolute Gasteiger partial charge is 0.223 e. The lowest BCUT2D eigenvalue weighted by Crippen LogP contribution is -2.42. The van der Waals surface area contributed by atoms with Gasteiger partial charge in [0.2, 0.25) is 5.91 Å². The Labute approximate surface area is 102 Å². The van der Waals surface area contributed by atoms with E-state index in [1.807, 2.05) is 19.1 Å². The zero-order valence-corrected chi connectivity index (χ0v) is 10.5. The van der Waals surface area contributed by atoms with E-state index in [1.165, 1.54) is 0 Å². The van der Waals surface area contributed by atoms with Crippen molar-refractivity contribution in [1.82, 2.24) is 10.6 Å². The van der Waals surface area contributed by atoms with Crippen LogP contribution in [0.5, 0.6) is 0 Å². The quantitative estimate of drug-likeness (QED) is 0.838. The van der Waals surface area contributed by atoms with Gasteiger partial charge in [0.05, 0.1) is 6.54 Å². The lowest BCUT2D eigenvalue weighted by Gasteiger charge is -2.26. The summed E-state index contributed by atoms with van der Waals surface area (Å²) in [5.41, 5.74) is 0. The van der Waals surface area contributed by atoms with E-state index in [4.69, 9.17) is 4.42 Å². The summed E-state index contributed by atoms with van der Waals surface area (Å²) in [7, 11) is 0. The molecule has 1 aromatic rings. The molecular formula is C13H20N2O2. The van der Waals surface area contributed by atoms with Crippen molar-refractivity contribution in [2.45, 2.75) is 39.3 Å². The minimum atomic E-state index is 0.141. The third-order valence-electron chi connectivity index (χ3n) is 3.23. The highest BCUT2D eigenvalue weighted by Crippen LogP contribution is 2.16. The maximum atomic E-state index is 11.9. The number of piperidine rings is 1. The van der Waals surface area contributed by atoms with E-state index in [2.05, 4.69) is 17.6 Å². The van der Waals surface area contributed by atoms with Gasteiger partial charge in [0.15, 0.2) is 0 Å². The topological polar surface area (TPSA) is 54.3 Å². The molecule has 2 rings (SSSR count). The molecular weight excluding hydrogens is 216 g/mol. The summed E-state index contributed by atoms with van der Waals surface area (Å²) in [6.45, 7) is 5.44. The predicted octanol–water partition coefficient (Wildman–Crippen LogP) is 1.59. The Morgan fingerprint density at radius 1 is 1.59 bits per heavy atom. The van der Waals surface area contributed by atoms with Crippen LogP contribution in [0.1, 0.15) is 31.3 Å². The van der Waals surface area contributed by atoms with E-state index >= 15 is 0 Å². The molecule has 0 spiro atoms. The Morgan fingerprint density at radius 3 is 3.06 bits per heavy atom. The first-order valence-electron chi connectivity index (χ1n) is 6.21. The fourth-order valence-corrected chi connectivity index (χ4v) is 2.27. The standard InChI is InChI=1S/C13H20N2O2/c1-9-7-11(5-6-14-9)13(16)15-8-12-4-3-10(2)17-12/h3-4,9,11,14H,5-8H2,1-2H3,(H,15,16). The van der Waals surface area contributed by atoms with Gasteiger partial charge in [-0.25, -0.2) is 0 Å². The van der Waals surface area contributed by atoms with Crippen LogP contribution in [0.15, 0.2) is 16.5 Å². The first kappa shape index (κ1) is 12.2. The molecule has 0 aliphatic carbocycles. The van der Waals surface area contributed by atoms with Crippen molar-refractivity contribution in [1.29, 1.82) is 0 Å². The molecule has 1 aliphatic heterocycles. The van der Waals surface area contributed by atoms with Crippen LogP contribution in [0.25, 0.3) is 0 Å². The van der Waals surface area contributed by atoms with Crippen molar-refractivity contribution in [3.63, 3.8) is 0 Å². The molecule has 17 heavy (non-hydrogen) atoms. The molecule has 0 saturated carbocycles. The van der Waals surface area contributed by atoms with E-state index in [9.17, 15) is 4.79 Å². The fourth-order valence-electron chi connectivity index (χ4n) is 2.27. The lowest BCUT2D eigenvalue weighted by atomic mass is 9.92. The first-order chi connectivity index (χ1) is 8.15. The van der Waals surface area contributed by atoms with Crippen molar-refractivity contribution < 1.29 is 9.21 Å². The van der Waals surface area contributed by atoms with Gasteiger partial charge >= 0.3 is 0 Å². The largest absolute Gasteiger partial charge is 0.465 e. The molecule has 1 fully saturated rings. The van der Waals surface area contributed by atoms with E-state index in [-0.39, 0.29) is 11.8 Å². The Bertz CT molecular complexity index is 387. The predicted molar refractivity (Wildman–Crippen MR) is 65.5 cm³/mol. The van der Waals surface area contributed by atoms with Crippen LogP contribution in [-0.2, 0) is 11.3 Å². The average molecular weight is 236 g/mol. The number of amides is 1. The van der Waals surface area contributed by atoms with E-state index in [0.717, 1.165) is 30.9 Å². The summed E-state index contributed by atoms with van der Waals surface area (Å²) < 4.78 is 5.42. The number of carbonyl (C=O) groups excluding carboxylic acids is 1. The van der Waals surface area contributed by atoms with Gasteiger partial charge in [-0.3, -0.25) is 4.79 Å². The van der Waals surface area contributed by atoms with Crippen molar-refractivity contribution in [2.75, 3.05) is 6.54 Å². The molecule has 0 bridgehead atoms. The third-order valence-corrected chi connectivity index (χ3v) is 3.23. The van der Waals surface area contributed by atoms with Crippen LogP contribution in [-0.4, -0.2) is 18.5 Å². The molecule has 2 N–H and O–H groups in total. The van der Waals surface area contributed by atoms with Gasteiger partial charge in [0.25, 0.3) is 0 Å². The minimum absolute atomic E-state index is 0.141. The molecule has 1 aliphatic rings. The molecule has 1 amide bonds. The Balaban J connectivity index is 1.80. The maximum Gasteiger partial charge on any atom is 0.223 e. The summed E-state index contributed by atoms with van der Waals surface area (Å²) >= 11 is 0. The lowest BCUT2D eigenvalue weighted by molar-refractivity contribution is -0.126. The summed E-state index contributed by atoms with van der Waals surface area (Å²) in [6, 6.07) is 4.25. The van der Waals surface area contributed by atoms with Crippen molar-refractivity contribution in [2.24, 2.45) is 5.92 Å². The highest BCUT2D eigenvalue weighted by molar-refractivity contribution is 5.78. The van der Waals surface area contributed by atoms with Crippen molar-refractivity contribution >= 4 is 5.91 Å². The zero-order valence-electron chi connectivity index (χ0n) is 10.5. The zero-order chi connectivity index (χ0) is 12.3. The molecule has 2 atom stereocenters. The molecule has 0 radical (unpaired) electrons. The van der Waals surface area contributed by atoms with Gasteiger partial charge in [-0.1, -0.05) is 0 Å². The second-order valence-corrected chi connectivity index (χ2v) is 4.81. The number of aryl methyl sites for hydroxylation is 1. The Morgan fingerprint density at radius 2 is 2.41 bits per heavy atom. The number of rotatable bonds is 3. The summed E-state index contributed by atoms with van der Waals surface area (Å²) in [4.78, 5) is 11.9. The second kappa shape index (κ2) is 5.36. The van der Waals surface area contributed by atoms with Gasteiger partial charge in [-0.05, 0) is 45.4 Å². The maximum absolute atomic E-state index is 11.9. The van der Waals surface area contributed by atoms with Crippen LogP contribution in [0, 0.1) is 12.8 Å². The van der Waals surface area contributed by atoms with Crippen LogP contribution in [0.4, 0.5) is 0 Å². The summed E-state index contributed by atoms with van der Waals surface area (Å²) in [5.74, 6) is 1.98. The van der Waals surface area contributed by atoms with Gasteiger partial charge in [0, 0.05) is 12.0 Å². The van der Waals surface area contributed by atoms with E-state index < -0.39 is 0 Å². The van der Waals surface area contributed by atoms with Gasteiger partial charge in [-0.2, -0.15) is 0 Å². The third kappa shape index (κ3) is 3.33. The number of furan rings is 1. The molecule has 0 aromatic carbocycles. The Kier molecular flexibility index (Phi) is 3.84. The highest BCUT2D eigenvalue weighted by atomic mass is 16.3. The van der Waals surface area contributed by atoms with Crippen molar-refractivity contribution in [3.05, 3.63) is 23.7 Å². The Hall–Kier alpha value is -1.29. The van der Waals surface area contributed by atoms with Crippen LogP contribution >= 0.6 is 0 Å². The molecule has 2 unspecified atom stereocenters. The monoisotopic (exact) mass is 236 g/mol. The minimum Gasteiger partial charge on any atom is -0.465 e. The molecule has 2 heterocycles. The number of carbonyl (C=O) groups is 1.